The van der Waals surface area contributed by atoms with Crippen LogP contribution < -0.4 is 19.7 Å². The van der Waals surface area contributed by atoms with Crippen LogP contribution in [0.4, 0.5) is 10.5 Å². The van der Waals surface area contributed by atoms with Gasteiger partial charge in [-0.15, -0.1) is 0 Å². The van der Waals surface area contributed by atoms with E-state index >= 15 is 0 Å². The third-order valence-corrected chi connectivity index (χ3v) is 4.94. The van der Waals surface area contributed by atoms with Gasteiger partial charge < -0.3 is 9.47 Å². The van der Waals surface area contributed by atoms with Crippen LogP contribution in [0, 0.1) is 0 Å². The zero-order valence-corrected chi connectivity index (χ0v) is 18.7. The molecule has 0 unspecified atom stereocenters. The SMILES string of the molecule is COc1cc(C=C2C(=O)NC(=O)N(c3ccc(Cl)cc3)C2=O)cc(Br)c1OC(C)C. The number of hydrogen-bond donors (Lipinski definition) is 1. The highest BCUT2D eigenvalue weighted by molar-refractivity contribution is 9.10. The quantitative estimate of drug-likeness (QED) is 0.487. The van der Waals surface area contributed by atoms with E-state index in [1.807, 2.05) is 13.8 Å². The minimum Gasteiger partial charge on any atom is -0.493 e. The van der Waals surface area contributed by atoms with E-state index in [-0.39, 0.29) is 11.7 Å². The van der Waals surface area contributed by atoms with E-state index in [4.69, 9.17) is 21.1 Å². The summed E-state index contributed by atoms with van der Waals surface area (Å²) in [5.74, 6) is -0.595. The molecule has 3 rings (SSSR count). The molecule has 1 heterocycles. The lowest BCUT2D eigenvalue weighted by atomic mass is 10.1. The molecule has 1 saturated heterocycles. The van der Waals surface area contributed by atoms with Crippen LogP contribution in [0.3, 0.4) is 0 Å². The number of urea groups is 1. The summed E-state index contributed by atoms with van der Waals surface area (Å²) in [6.07, 6.45) is 1.31. The topological polar surface area (TPSA) is 84.9 Å². The van der Waals surface area contributed by atoms with Crippen molar-refractivity contribution in [1.29, 1.82) is 0 Å². The fourth-order valence-corrected chi connectivity index (χ4v) is 3.50. The van der Waals surface area contributed by atoms with Crippen LogP contribution in [0.1, 0.15) is 19.4 Å². The van der Waals surface area contributed by atoms with E-state index in [2.05, 4.69) is 21.2 Å². The second kappa shape index (κ2) is 8.89. The lowest BCUT2D eigenvalue weighted by Gasteiger charge is -2.26. The highest BCUT2D eigenvalue weighted by Gasteiger charge is 2.36. The van der Waals surface area contributed by atoms with Gasteiger partial charge in [0.1, 0.15) is 5.57 Å². The number of carbonyl (C=O) groups excluding carboxylic acids is 3. The van der Waals surface area contributed by atoms with Gasteiger partial charge >= 0.3 is 6.03 Å². The number of imide groups is 2. The van der Waals surface area contributed by atoms with Crippen LogP contribution in [-0.4, -0.2) is 31.1 Å². The van der Waals surface area contributed by atoms with E-state index in [0.717, 1.165) is 4.90 Å². The molecule has 1 aliphatic heterocycles. The van der Waals surface area contributed by atoms with Crippen LogP contribution in [-0.2, 0) is 9.59 Å². The minimum absolute atomic E-state index is 0.0796. The van der Waals surface area contributed by atoms with Gasteiger partial charge in [0.2, 0.25) is 0 Å². The zero-order chi connectivity index (χ0) is 22.0. The van der Waals surface area contributed by atoms with Crippen molar-refractivity contribution in [1.82, 2.24) is 5.32 Å². The average molecular weight is 494 g/mol. The van der Waals surface area contributed by atoms with Gasteiger partial charge in [0, 0.05) is 5.02 Å². The Morgan fingerprint density at radius 3 is 2.40 bits per heavy atom. The van der Waals surface area contributed by atoms with E-state index < -0.39 is 17.8 Å². The van der Waals surface area contributed by atoms with Gasteiger partial charge in [-0.2, -0.15) is 0 Å². The molecule has 0 aromatic heterocycles. The molecule has 0 atom stereocenters. The van der Waals surface area contributed by atoms with Crippen LogP contribution in [0.2, 0.25) is 5.02 Å². The summed E-state index contributed by atoms with van der Waals surface area (Å²) in [5.41, 5.74) is 0.606. The lowest BCUT2D eigenvalue weighted by molar-refractivity contribution is -0.122. The highest BCUT2D eigenvalue weighted by atomic mass is 79.9. The van der Waals surface area contributed by atoms with E-state index in [1.54, 1.807) is 24.3 Å². The van der Waals surface area contributed by atoms with Crippen molar-refractivity contribution < 1.29 is 23.9 Å². The summed E-state index contributed by atoms with van der Waals surface area (Å²) in [6, 6.07) is 8.63. The Hall–Kier alpha value is -2.84. The second-order valence-electron chi connectivity index (χ2n) is 6.63. The number of hydrogen-bond acceptors (Lipinski definition) is 5. The van der Waals surface area contributed by atoms with Crippen molar-refractivity contribution in [3.8, 4) is 11.5 Å². The number of benzene rings is 2. The van der Waals surface area contributed by atoms with Crippen molar-refractivity contribution in [3.63, 3.8) is 0 Å². The Labute approximate surface area is 186 Å². The number of nitrogens with one attached hydrogen (secondary N) is 1. The monoisotopic (exact) mass is 492 g/mol. The molecule has 2 aromatic rings. The maximum absolute atomic E-state index is 13.0. The molecular weight excluding hydrogens is 476 g/mol. The van der Waals surface area contributed by atoms with Crippen molar-refractivity contribution >= 4 is 57.1 Å². The third kappa shape index (κ3) is 4.49. The Morgan fingerprint density at radius 1 is 1.13 bits per heavy atom. The van der Waals surface area contributed by atoms with Crippen LogP contribution in [0.5, 0.6) is 11.5 Å². The number of methoxy groups -OCH3 is 1. The maximum Gasteiger partial charge on any atom is 0.335 e. The Kier molecular flexibility index (Phi) is 6.48. The second-order valence-corrected chi connectivity index (χ2v) is 7.93. The number of nitrogens with zero attached hydrogens (tertiary/aromatic N) is 1. The number of ether oxygens (including phenoxy) is 2. The smallest absolute Gasteiger partial charge is 0.335 e. The summed E-state index contributed by atoms with van der Waals surface area (Å²) in [5, 5.41) is 2.64. The molecule has 1 fully saturated rings. The largest absolute Gasteiger partial charge is 0.493 e. The van der Waals surface area contributed by atoms with E-state index in [9.17, 15) is 14.4 Å². The average Bonchev–Trinajstić information content (AvgIpc) is 2.68. The number of carbonyl (C=O) groups is 3. The van der Waals surface area contributed by atoms with Gasteiger partial charge in [-0.1, -0.05) is 11.6 Å². The Balaban J connectivity index is 2.02. The predicted octanol–water partition coefficient (Wildman–Crippen LogP) is 4.56. The predicted molar refractivity (Wildman–Crippen MR) is 117 cm³/mol. The molecule has 9 heteroatoms. The molecule has 30 heavy (non-hydrogen) atoms. The molecule has 0 saturated carbocycles. The molecule has 0 aliphatic carbocycles. The number of halogens is 2. The van der Waals surface area contributed by atoms with Gasteiger partial charge in [-0.3, -0.25) is 14.9 Å². The molecule has 7 nitrogen and oxygen atoms in total. The van der Waals surface area contributed by atoms with Crippen molar-refractivity contribution in [3.05, 3.63) is 57.0 Å². The number of anilines is 1. The van der Waals surface area contributed by atoms with E-state index in [0.29, 0.717) is 32.2 Å². The summed E-state index contributed by atoms with van der Waals surface area (Å²) in [7, 11) is 1.49. The molecule has 156 valence electrons. The first kappa shape index (κ1) is 21.9. The molecule has 1 N–H and O–H groups in total. The molecule has 2 aromatic carbocycles. The fourth-order valence-electron chi connectivity index (χ4n) is 2.82. The standard InChI is InChI=1S/C21H18BrClN2O5/c1-11(2)30-18-16(22)9-12(10-17(18)29-3)8-15-19(26)24-21(28)25(20(15)27)14-6-4-13(23)5-7-14/h4-11H,1-3H3,(H,24,26,28). The summed E-state index contributed by atoms with van der Waals surface area (Å²) >= 11 is 9.30. The van der Waals surface area contributed by atoms with Gasteiger partial charge in [-0.05, 0) is 77.8 Å². The summed E-state index contributed by atoms with van der Waals surface area (Å²) < 4.78 is 11.7. The minimum atomic E-state index is -0.830. The lowest BCUT2D eigenvalue weighted by Crippen LogP contribution is -2.54. The van der Waals surface area contributed by atoms with Crippen molar-refractivity contribution in [2.75, 3.05) is 12.0 Å². The van der Waals surface area contributed by atoms with Gasteiger partial charge in [0.25, 0.3) is 11.8 Å². The van der Waals surface area contributed by atoms with Gasteiger partial charge in [-0.25, -0.2) is 9.69 Å². The van der Waals surface area contributed by atoms with Crippen LogP contribution in [0.25, 0.3) is 6.08 Å². The maximum atomic E-state index is 13.0. The van der Waals surface area contributed by atoms with Gasteiger partial charge in [0.05, 0.1) is 23.4 Å². The Bertz CT molecular complexity index is 1050. The highest BCUT2D eigenvalue weighted by Crippen LogP contribution is 2.38. The third-order valence-electron chi connectivity index (χ3n) is 4.10. The first-order chi connectivity index (χ1) is 14.2. The van der Waals surface area contributed by atoms with Crippen molar-refractivity contribution in [2.24, 2.45) is 0 Å². The first-order valence-electron chi connectivity index (χ1n) is 8.92. The normalized spacial score (nSPS) is 15.6. The molecular formula is C21H18BrClN2O5. The number of rotatable bonds is 5. The van der Waals surface area contributed by atoms with Crippen molar-refractivity contribution in [2.45, 2.75) is 20.0 Å². The summed E-state index contributed by atoms with van der Waals surface area (Å²) in [4.78, 5) is 38.5. The Morgan fingerprint density at radius 2 is 1.80 bits per heavy atom. The first-order valence-corrected chi connectivity index (χ1v) is 10.1. The molecule has 0 spiro atoms. The van der Waals surface area contributed by atoms with Gasteiger partial charge in [0.15, 0.2) is 11.5 Å². The zero-order valence-electron chi connectivity index (χ0n) is 16.4. The number of amides is 4. The molecule has 4 amide bonds. The molecule has 0 bridgehead atoms. The molecule has 1 aliphatic rings. The van der Waals surface area contributed by atoms with Crippen LogP contribution >= 0.6 is 27.5 Å². The van der Waals surface area contributed by atoms with E-state index in [1.165, 1.54) is 25.3 Å². The summed E-state index contributed by atoms with van der Waals surface area (Å²) in [6.45, 7) is 3.77. The molecule has 0 radical (unpaired) electrons. The number of barbiturate groups is 1. The van der Waals surface area contributed by atoms with Crippen LogP contribution in [0.15, 0.2) is 46.4 Å². The fraction of sp³-hybridized carbons (Fsp3) is 0.190.